The minimum absolute atomic E-state index is 0.164. The van der Waals surface area contributed by atoms with Crippen molar-refractivity contribution in [2.24, 2.45) is 7.05 Å². The molecule has 0 atom stereocenters. The normalized spacial score (nSPS) is 14.4. The third kappa shape index (κ3) is 4.34. The molecule has 1 saturated heterocycles. The molecule has 0 radical (unpaired) electrons. The molecule has 1 N–H and O–H groups in total. The zero-order valence-electron chi connectivity index (χ0n) is 16.2. The standard InChI is InChI=1S/C21H23Cl2N5O/c1-26-9-4-5-19(26)18-14-20(21(29)24-8-12-27-10-2-3-11-27)28(25-18)15-6-7-16(22)17(23)13-15/h4-7,9,13-14H,2-3,8,10-12H2,1H3,(H,24,29). The molecule has 29 heavy (non-hydrogen) atoms. The van der Waals surface area contributed by atoms with E-state index < -0.39 is 0 Å². The lowest BCUT2D eigenvalue weighted by Gasteiger charge is -2.15. The highest BCUT2D eigenvalue weighted by Gasteiger charge is 2.19. The summed E-state index contributed by atoms with van der Waals surface area (Å²) in [5.74, 6) is -0.164. The Morgan fingerprint density at radius 1 is 1.14 bits per heavy atom. The number of rotatable bonds is 6. The van der Waals surface area contributed by atoms with E-state index in [1.54, 1.807) is 22.9 Å². The van der Waals surface area contributed by atoms with Crippen molar-refractivity contribution in [3.05, 3.63) is 58.3 Å². The van der Waals surface area contributed by atoms with Crippen molar-refractivity contribution in [2.45, 2.75) is 12.8 Å². The lowest BCUT2D eigenvalue weighted by Crippen LogP contribution is -2.34. The molecule has 1 amide bonds. The number of nitrogens with one attached hydrogen (secondary N) is 1. The molecule has 0 spiro atoms. The molecule has 8 heteroatoms. The fourth-order valence-electron chi connectivity index (χ4n) is 3.63. The summed E-state index contributed by atoms with van der Waals surface area (Å²) in [6.07, 6.45) is 4.42. The molecule has 1 aliphatic rings. The second kappa shape index (κ2) is 8.61. The van der Waals surface area contributed by atoms with Gasteiger partial charge in [0.2, 0.25) is 0 Å². The lowest BCUT2D eigenvalue weighted by molar-refractivity contribution is 0.0942. The van der Waals surface area contributed by atoms with Gasteiger partial charge in [0.25, 0.3) is 5.91 Å². The number of nitrogens with zero attached hydrogens (tertiary/aromatic N) is 4. The lowest BCUT2D eigenvalue weighted by atomic mass is 10.2. The highest BCUT2D eigenvalue weighted by molar-refractivity contribution is 6.42. The molecular formula is C21H23Cl2N5O. The summed E-state index contributed by atoms with van der Waals surface area (Å²) in [5, 5.41) is 8.59. The average molecular weight is 432 g/mol. The second-order valence-corrected chi connectivity index (χ2v) is 8.05. The molecule has 1 fully saturated rings. The first-order valence-electron chi connectivity index (χ1n) is 9.70. The van der Waals surface area contributed by atoms with Gasteiger partial charge in [-0.2, -0.15) is 5.10 Å². The Morgan fingerprint density at radius 3 is 2.62 bits per heavy atom. The minimum atomic E-state index is -0.164. The maximum Gasteiger partial charge on any atom is 0.270 e. The summed E-state index contributed by atoms with van der Waals surface area (Å²) in [7, 11) is 1.95. The van der Waals surface area contributed by atoms with Crippen molar-refractivity contribution in [3.63, 3.8) is 0 Å². The first-order chi connectivity index (χ1) is 14.0. The first kappa shape index (κ1) is 20.0. The Labute approximate surface area is 180 Å². The summed E-state index contributed by atoms with van der Waals surface area (Å²) >= 11 is 12.3. The number of hydrogen-bond acceptors (Lipinski definition) is 3. The molecule has 1 aliphatic heterocycles. The molecule has 3 heterocycles. The van der Waals surface area contributed by atoms with Crippen LogP contribution in [0.3, 0.4) is 0 Å². The van der Waals surface area contributed by atoms with E-state index >= 15 is 0 Å². The van der Waals surface area contributed by atoms with Gasteiger partial charge in [-0.1, -0.05) is 23.2 Å². The van der Waals surface area contributed by atoms with E-state index in [2.05, 4.69) is 15.3 Å². The van der Waals surface area contributed by atoms with Crippen LogP contribution in [-0.4, -0.2) is 51.3 Å². The van der Waals surface area contributed by atoms with E-state index in [1.165, 1.54) is 12.8 Å². The van der Waals surface area contributed by atoms with Crippen LogP contribution < -0.4 is 5.32 Å². The van der Waals surface area contributed by atoms with Gasteiger partial charge in [0.15, 0.2) is 0 Å². The van der Waals surface area contributed by atoms with Crippen LogP contribution in [0.1, 0.15) is 23.3 Å². The Morgan fingerprint density at radius 2 is 1.93 bits per heavy atom. The average Bonchev–Trinajstić information content (AvgIpc) is 3.44. The van der Waals surface area contributed by atoms with Gasteiger partial charge in [-0.3, -0.25) is 4.79 Å². The molecule has 2 aromatic heterocycles. The van der Waals surface area contributed by atoms with Gasteiger partial charge in [-0.25, -0.2) is 4.68 Å². The molecule has 152 valence electrons. The zero-order chi connectivity index (χ0) is 20.4. The van der Waals surface area contributed by atoms with Crippen molar-refractivity contribution in [2.75, 3.05) is 26.2 Å². The number of carbonyl (C=O) groups excluding carboxylic acids is 1. The summed E-state index contributed by atoms with van der Waals surface area (Å²) in [4.78, 5) is 15.3. The fraction of sp³-hybridized carbons (Fsp3) is 0.333. The summed E-state index contributed by atoms with van der Waals surface area (Å²) < 4.78 is 3.59. The maximum absolute atomic E-state index is 13.0. The third-order valence-electron chi connectivity index (χ3n) is 5.21. The van der Waals surface area contributed by atoms with Crippen molar-refractivity contribution >= 4 is 29.1 Å². The predicted molar refractivity (Wildman–Crippen MR) is 116 cm³/mol. The third-order valence-corrected chi connectivity index (χ3v) is 5.95. The van der Waals surface area contributed by atoms with Gasteiger partial charge in [0.05, 0.1) is 21.4 Å². The topological polar surface area (TPSA) is 55.1 Å². The Hall–Kier alpha value is -2.28. The molecule has 1 aromatic carbocycles. The summed E-state index contributed by atoms with van der Waals surface area (Å²) in [6, 6.07) is 10.9. The number of aromatic nitrogens is 3. The van der Waals surface area contributed by atoms with Crippen molar-refractivity contribution in [3.8, 4) is 17.1 Å². The largest absolute Gasteiger partial charge is 0.349 e. The Bertz CT molecular complexity index is 1020. The Kier molecular flexibility index (Phi) is 5.94. The zero-order valence-corrected chi connectivity index (χ0v) is 17.7. The van der Waals surface area contributed by atoms with Crippen LogP contribution in [0.25, 0.3) is 17.1 Å². The SMILES string of the molecule is Cn1cccc1-c1cc(C(=O)NCCN2CCCC2)n(-c2ccc(Cl)c(Cl)c2)n1. The van der Waals surface area contributed by atoms with Gasteiger partial charge in [-0.05, 0) is 62.3 Å². The number of likely N-dealkylation sites (tertiary alicyclic amines) is 1. The molecule has 3 aromatic rings. The van der Waals surface area contributed by atoms with E-state index in [-0.39, 0.29) is 5.91 Å². The van der Waals surface area contributed by atoms with E-state index in [9.17, 15) is 4.79 Å². The number of amides is 1. The molecule has 6 nitrogen and oxygen atoms in total. The van der Waals surface area contributed by atoms with Crippen LogP contribution in [0, 0.1) is 0 Å². The summed E-state index contributed by atoms with van der Waals surface area (Å²) in [5.41, 5.74) is 2.79. The van der Waals surface area contributed by atoms with Crippen LogP contribution in [0.2, 0.25) is 10.0 Å². The van der Waals surface area contributed by atoms with Crippen LogP contribution in [-0.2, 0) is 7.05 Å². The maximum atomic E-state index is 13.0. The highest BCUT2D eigenvalue weighted by atomic mass is 35.5. The number of aryl methyl sites for hydroxylation is 1. The minimum Gasteiger partial charge on any atom is -0.349 e. The quantitative estimate of drug-likeness (QED) is 0.641. The number of hydrogen-bond donors (Lipinski definition) is 1. The Balaban J connectivity index is 1.63. The second-order valence-electron chi connectivity index (χ2n) is 7.23. The molecular weight excluding hydrogens is 409 g/mol. The fourth-order valence-corrected chi connectivity index (χ4v) is 3.93. The van der Waals surface area contributed by atoms with Crippen LogP contribution >= 0.6 is 23.2 Å². The number of halogens is 2. The molecule has 0 bridgehead atoms. The van der Waals surface area contributed by atoms with Gasteiger partial charge < -0.3 is 14.8 Å². The van der Waals surface area contributed by atoms with E-state index in [4.69, 9.17) is 23.2 Å². The molecule has 0 unspecified atom stereocenters. The highest BCUT2D eigenvalue weighted by Crippen LogP contribution is 2.27. The first-order valence-corrected chi connectivity index (χ1v) is 10.5. The number of carbonyl (C=O) groups is 1. The van der Waals surface area contributed by atoms with Crippen molar-refractivity contribution < 1.29 is 4.79 Å². The van der Waals surface area contributed by atoms with E-state index in [0.29, 0.717) is 33.7 Å². The van der Waals surface area contributed by atoms with Crippen molar-refractivity contribution in [1.82, 2.24) is 24.6 Å². The molecule has 0 aliphatic carbocycles. The molecule has 4 rings (SSSR count). The van der Waals surface area contributed by atoms with Crippen LogP contribution in [0.4, 0.5) is 0 Å². The van der Waals surface area contributed by atoms with Gasteiger partial charge in [0, 0.05) is 26.3 Å². The van der Waals surface area contributed by atoms with Crippen LogP contribution in [0.15, 0.2) is 42.6 Å². The summed E-state index contributed by atoms with van der Waals surface area (Å²) in [6.45, 7) is 3.67. The molecule has 0 saturated carbocycles. The monoisotopic (exact) mass is 431 g/mol. The van der Waals surface area contributed by atoms with E-state index in [0.717, 1.165) is 25.3 Å². The van der Waals surface area contributed by atoms with Gasteiger partial charge >= 0.3 is 0 Å². The predicted octanol–water partition coefficient (Wildman–Crippen LogP) is 4.01. The van der Waals surface area contributed by atoms with Crippen LogP contribution in [0.5, 0.6) is 0 Å². The number of benzene rings is 1. The smallest absolute Gasteiger partial charge is 0.270 e. The van der Waals surface area contributed by atoms with Gasteiger partial charge in [-0.15, -0.1) is 0 Å². The van der Waals surface area contributed by atoms with Crippen molar-refractivity contribution in [1.29, 1.82) is 0 Å². The van der Waals surface area contributed by atoms with E-state index in [1.807, 2.05) is 36.0 Å². The van der Waals surface area contributed by atoms with Gasteiger partial charge in [0.1, 0.15) is 11.4 Å².